The molecular formula is C29H27NO3. The highest BCUT2D eigenvalue weighted by molar-refractivity contribution is 5.95. The smallest absolute Gasteiger partial charge is 0.339 e. The average Bonchev–Trinajstić information content (AvgIpc) is 3.22. The molecular weight excluding hydrogens is 410 g/mol. The van der Waals surface area contributed by atoms with Crippen molar-refractivity contribution in [2.75, 3.05) is 14.2 Å². The van der Waals surface area contributed by atoms with Crippen molar-refractivity contribution in [2.45, 2.75) is 13.8 Å². The minimum atomic E-state index is -0.371. The SMILES string of the molecule is COC(=O)c1ccccc1-n1c(C=C(C)C)cc(-c2ccccc2)c1-c1ccc(OC)cc1. The molecule has 0 aliphatic rings. The maximum atomic E-state index is 12.7. The Bertz CT molecular complexity index is 1290. The molecule has 0 unspecified atom stereocenters. The molecule has 3 aromatic carbocycles. The number of carbonyl (C=O) groups excluding carboxylic acids is 1. The highest BCUT2D eigenvalue weighted by Gasteiger charge is 2.22. The number of para-hydroxylation sites is 1. The van der Waals surface area contributed by atoms with E-state index in [1.807, 2.05) is 60.7 Å². The van der Waals surface area contributed by atoms with Gasteiger partial charge < -0.3 is 14.0 Å². The minimum absolute atomic E-state index is 0.371. The van der Waals surface area contributed by atoms with Crippen LogP contribution in [0.5, 0.6) is 5.75 Å². The first kappa shape index (κ1) is 22.2. The predicted octanol–water partition coefficient (Wildman–Crippen LogP) is 7.03. The standard InChI is InChI=1S/C29H27NO3/c1-20(2)18-23-19-26(21-10-6-5-7-11-21)28(22-14-16-24(32-3)17-15-22)30(23)27-13-9-8-12-25(27)29(31)33-4/h5-19H,1-4H3. The second kappa shape index (κ2) is 9.61. The van der Waals surface area contributed by atoms with Gasteiger partial charge in [0.05, 0.1) is 31.2 Å². The van der Waals surface area contributed by atoms with E-state index in [1.165, 1.54) is 7.11 Å². The van der Waals surface area contributed by atoms with Crippen LogP contribution >= 0.6 is 0 Å². The van der Waals surface area contributed by atoms with Crippen LogP contribution in [-0.4, -0.2) is 24.8 Å². The summed E-state index contributed by atoms with van der Waals surface area (Å²) in [5.41, 5.74) is 7.60. The van der Waals surface area contributed by atoms with E-state index in [0.717, 1.165) is 45.1 Å². The summed E-state index contributed by atoms with van der Waals surface area (Å²) in [6.07, 6.45) is 2.13. The summed E-state index contributed by atoms with van der Waals surface area (Å²) < 4.78 is 12.6. The number of esters is 1. The molecule has 0 amide bonds. The van der Waals surface area contributed by atoms with Crippen LogP contribution in [0.3, 0.4) is 0 Å². The number of nitrogens with zero attached hydrogens (tertiary/aromatic N) is 1. The van der Waals surface area contributed by atoms with Gasteiger partial charge in [0.25, 0.3) is 0 Å². The molecule has 1 aromatic heterocycles. The van der Waals surface area contributed by atoms with Crippen LogP contribution in [0.1, 0.15) is 29.9 Å². The van der Waals surface area contributed by atoms with Crippen molar-refractivity contribution in [1.29, 1.82) is 0 Å². The van der Waals surface area contributed by atoms with Gasteiger partial charge in [-0.15, -0.1) is 0 Å². The Hall–Kier alpha value is -4.05. The zero-order chi connectivity index (χ0) is 23.4. The Morgan fingerprint density at radius 1 is 0.818 bits per heavy atom. The molecule has 0 bridgehead atoms. The molecule has 4 aromatic rings. The molecule has 0 aliphatic heterocycles. The molecule has 33 heavy (non-hydrogen) atoms. The van der Waals surface area contributed by atoms with Crippen molar-refractivity contribution in [3.63, 3.8) is 0 Å². The van der Waals surface area contributed by atoms with Crippen molar-refractivity contribution in [3.05, 3.63) is 102 Å². The third-order valence-electron chi connectivity index (χ3n) is 5.46. The molecule has 4 nitrogen and oxygen atoms in total. The summed E-state index contributed by atoms with van der Waals surface area (Å²) >= 11 is 0. The topological polar surface area (TPSA) is 40.5 Å². The summed E-state index contributed by atoms with van der Waals surface area (Å²) in [5, 5.41) is 0. The lowest BCUT2D eigenvalue weighted by atomic mass is 10.0. The van der Waals surface area contributed by atoms with Crippen molar-refractivity contribution in [1.82, 2.24) is 4.57 Å². The van der Waals surface area contributed by atoms with Crippen molar-refractivity contribution in [2.24, 2.45) is 0 Å². The maximum absolute atomic E-state index is 12.7. The zero-order valence-electron chi connectivity index (χ0n) is 19.3. The van der Waals surface area contributed by atoms with Crippen LogP contribution in [0.15, 0.2) is 90.5 Å². The summed E-state index contributed by atoms with van der Waals surface area (Å²) in [4.78, 5) is 12.7. The van der Waals surface area contributed by atoms with Crippen molar-refractivity contribution >= 4 is 12.0 Å². The molecule has 4 heteroatoms. The van der Waals surface area contributed by atoms with E-state index in [2.05, 4.69) is 42.7 Å². The first-order valence-electron chi connectivity index (χ1n) is 10.8. The number of ether oxygens (including phenoxy) is 2. The molecule has 0 aliphatic carbocycles. The summed E-state index contributed by atoms with van der Waals surface area (Å²) in [7, 11) is 3.07. The summed E-state index contributed by atoms with van der Waals surface area (Å²) in [6, 6.07) is 28.0. The number of methoxy groups -OCH3 is 2. The van der Waals surface area contributed by atoms with Crippen LogP contribution < -0.4 is 4.74 Å². The highest BCUT2D eigenvalue weighted by atomic mass is 16.5. The number of hydrogen-bond acceptors (Lipinski definition) is 3. The molecule has 0 N–H and O–H groups in total. The van der Waals surface area contributed by atoms with Gasteiger partial charge in [0.15, 0.2) is 0 Å². The maximum Gasteiger partial charge on any atom is 0.339 e. The van der Waals surface area contributed by atoms with Crippen LogP contribution in [0.2, 0.25) is 0 Å². The Balaban J connectivity index is 2.11. The van der Waals surface area contributed by atoms with Gasteiger partial charge in [-0.3, -0.25) is 0 Å². The van der Waals surface area contributed by atoms with Gasteiger partial charge in [-0.2, -0.15) is 0 Å². The zero-order valence-corrected chi connectivity index (χ0v) is 19.3. The molecule has 0 atom stereocenters. The van der Waals surface area contributed by atoms with Gasteiger partial charge in [-0.1, -0.05) is 48.0 Å². The molecule has 0 radical (unpaired) electrons. The molecule has 0 spiro atoms. The van der Waals surface area contributed by atoms with E-state index in [1.54, 1.807) is 13.2 Å². The molecule has 166 valence electrons. The fourth-order valence-corrected chi connectivity index (χ4v) is 4.01. The lowest BCUT2D eigenvalue weighted by Crippen LogP contribution is -2.09. The lowest BCUT2D eigenvalue weighted by Gasteiger charge is -2.17. The van der Waals surface area contributed by atoms with Gasteiger partial charge in [0, 0.05) is 11.3 Å². The van der Waals surface area contributed by atoms with E-state index < -0.39 is 0 Å². The van der Waals surface area contributed by atoms with E-state index in [9.17, 15) is 4.79 Å². The summed E-state index contributed by atoms with van der Waals surface area (Å²) in [6.45, 7) is 4.14. The second-order valence-electron chi connectivity index (χ2n) is 7.99. The molecule has 0 saturated heterocycles. The Morgan fingerprint density at radius 2 is 1.48 bits per heavy atom. The first-order valence-corrected chi connectivity index (χ1v) is 10.8. The van der Waals surface area contributed by atoms with E-state index in [0.29, 0.717) is 5.56 Å². The largest absolute Gasteiger partial charge is 0.497 e. The Morgan fingerprint density at radius 3 is 2.12 bits per heavy atom. The van der Waals surface area contributed by atoms with Crippen LogP contribution in [0.25, 0.3) is 34.1 Å². The van der Waals surface area contributed by atoms with Gasteiger partial charge in [0.1, 0.15) is 5.75 Å². The fourth-order valence-electron chi connectivity index (χ4n) is 4.01. The number of rotatable bonds is 6. The monoisotopic (exact) mass is 437 g/mol. The molecule has 0 fully saturated rings. The number of aromatic nitrogens is 1. The van der Waals surface area contributed by atoms with Gasteiger partial charge in [-0.25, -0.2) is 4.79 Å². The number of allylic oxidation sites excluding steroid dienone is 1. The van der Waals surface area contributed by atoms with Crippen LogP contribution in [0.4, 0.5) is 0 Å². The Kier molecular flexibility index (Phi) is 6.45. The third kappa shape index (κ3) is 4.46. The normalized spacial score (nSPS) is 10.5. The number of carbonyl (C=O) groups is 1. The van der Waals surface area contributed by atoms with Crippen LogP contribution in [0, 0.1) is 0 Å². The minimum Gasteiger partial charge on any atom is -0.497 e. The van der Waals surface area contributed by atoms with Crippen molar-refractivity contribution < 1.29 is 14.3 Å². The highest BCUT2D eigenvalue weighted by Crippen LogP contribution is 2.39. The number of benzene rings is 3. The van der Waals surface area contributed by atoms with Gasteiger partial charge in [0.2, 0.25) is 0 Å². The second-order valence-corrected chi connectivity index (χ2v) is 7.99. The van der Waals surface area contributed by atoms with E-state index in [-0.39, 0.29) is 5.97 Å². The molecule has 0 saturated carbocycles. The van der Waals surface area contributed by atoms with Crippen LogP contribution in [-0.2, 0) is 4.74 Å². The van der Waals surface area contributed by atoms with Gasteiger partial charge >= 0.3 is 5.97 Å². The van der Waals surface area contributed by atoms with E-state index in [4.69, 9.17) is 9.47 Å². The van der Waals surface area contributed by atoms with Crippen molar-refractivity contribution in [3.8, 4) is 33.8 Å². The number of hydrogen-bond donors (Lipinski definition) is 0. The molecule has 4 rings (SSSR count). The quantitative estimate of drug-likeness (QED) is 0.304. The van der Waals surface area contributed by atoms with Gasteiger partial charge in [-0.05, 0) is 73.5 Å². The molecule has 1 heterocycles. The summed E-state index contributed by atoms with van der Waals surface area (Å²) in [5.74, 6) is 0.419. The first-order chi connectivity index (χ1) is 16.0. The van der Waals surface area contributed by atoms with E-state index >= 15 is 0 Å². The third-order valence-corrected chi connectivity index (χ3v) is 5.46. The average molecular weight is 438 g/mol. The Labute approximate surface area is 194 Å². The predicted molar refractivity (Wildman–Crippen MR) is 134 cm³/mol. The lowest BCUT2D eigenvalue weighted by molar-refractivity contribution is 0.0601. The fraction of sp³-hybridized carbons (Fsp3) is 0.138.